The summed E-state index contributed by atoms with van der Waals surface area (Å²) in [6.07, 6.45) is 5.45. The van der Waals surface area contributed by atoms with Gasteiger partial charge in [0.2, 0.25) is 0 Å². The first-order valence-corrected chi connectivity index (χ1v) is 6.05. The normalized spacial score (nSPS) is 16.0. The highest BCUT2D eigenvalue weighted by atomic mass is 14.9. The summed E-state index contributed by atoms with van der Waals surface area (Å²) < 4.78 is 0. The minimum absolute atomic E-state index is 0.301. The molecule has 0 amide bonds. The summed E-state index contributed by atoms with van der Waals surface area (Å²) in [5.41, 5.74) is 2.85. The molecule has 0 saturated heterocycles. The van der Waals surface area contributed by atoms with Gasteiger partial charge in [0.15, 0.2) is 5.82 Å². The van der Waals surface area contributed by atoms with Crippen LogP contribution in [0.3, 0.4) is 0 Å². The Bertz CT molecular complexity index is 619. The van der Waals surface area contributed by atoms with Gasteiger partial charge in [-0.05, 0) is 25.3 Å². The summed E-state index contributed by atoms with van der Waals surface area (Å²) in [7, 11) is 0. The van der Waals surface area contributed by atoms with E-state index in [4.69, 9.17) is 5.26 Å². The van der Waals surface area contributed by atoms with E-state index < -0.39 is 0 Å². The molecule has 0 radical (unpaired) electrons. The van der Waals surface area contributed by atoms with Crippen molar-refractivity contribution in [2.45, 2.75) is 25.2 Å². The Morgan fingerprint density at radius 1 is 1.17 bits per heavy atom. The van der Waals surface area contributed by atoms with Crippen molar-refractivity contribution in [2.24, 2.45) is 0 Å². The lowest BCUT2D eigenvalue weighted by atomic mass is 10.0. The van der Waals surface area contributed by atoms with Crippen molar-refractivity contribution in [1.82, 2.24) is 9.97 Å². The first kappa shape index (κ1) is 10.9. The highest BCUT2D eigenvalue weighted by Gasteiger charge is 2.45. The lowest BCUT2D eigenvalue weighted by Crippen LogP contribution is -2.04. The Kier molecular flexibility index (Phi) is 2.38. The van der Waals surface area contributed by atoms with Crippen LogP contribution in [0, 0.1) is 18.3 Å². The van der Waals surface area contributed by atoms with Gasteiger partial charge in [0.25, 0.3) is 0 Å². The first-order valence-electron chi connectivity index (χ1n) is 6.05. The van der Waals surface area contributed by atoms with Crippen LogP contribution < -0.4 is 0 Å². The van der Waals surface area contributed by atoms with Gasteiger partial charge in [0, 0.05) is 23.5 Å². The molecule has 1 saturated carbocycles. The summed E-state index contributed by atoms with van der Waals surface area (Å²) in [6.45, 7) is 2.05. The molecule has 3 rings (SSSR count). The van der Waals surface area contributed by atoms with Crippen LogP contribution in [0.15, 0.2) is 36.7 Å². The van der Waals surface area contributed by atoms with Gasteiger partial charge in [-0.15, -0.1) is 0 Å². The second-order valence-electron chi connectivity index (χ2n) is 4.80. The molecule has 3 heteroatoms. The molecule has 1 heterocycles. The predicted molar refractivity (Wildman–Crippen MR) is 68.7 cm³/mol. The average Bonchev–Trinajstić information content (AvgIpc) is 3.21. The quantitative estimate of drug-likeness (QED) is 0.804. The molecule has 88 valence electrons. The van der Waals surface area contributed by atoms with Crippen molar-refractivity contribution >= 4 is 0 Å². The fraction of sp³-hybridized carbons (Fsp3) is 0.267. The van der Waals surface area contributed by atoms with Gasteiger partial charge in [-0.25, -0.2) is 9.97 Å². The number of nitrogens with zero attached hydrogens (tertiary/aromatic N) is 3. The highest BCUT2D eigenvalue weighted by Crippen LogP contribution is 2.47. The van der Waals surface area contributed by atoms with Gasteiger partial charge < -0.3 is 0 Å². The maximum absolute atomic E-state index is 9.13. The van der Waals surface area contributed by atoms with E-state index in [1.807, 2.05) is 31.2 Å². The molecule has 0 unspecified atom stereocenters. The number of aromatic nitrogens is 2. The molecule has 3 nitrogen and oxygen atoms in total. The van der Waals surface area contributed by atoms with Crippen molar-refractivity contribution < 1.29 is 0 Å². The fourth-order valence-electron chi connectivity index (χ4n) is 2.13. The molecule has 0 aliphatic heterocycles. The van der Waals surface area contributed by atoms with Crippen LogP contribution in [-0.4, -0.2) is 9.97 Å². The second kappa shape index (κ2) is 3.92. The van der Waals surface area contributed by atoms with Crippen LogP contribution >= 0.6 is 0 Å². The average molecular weight is 235 g/mol. The summed E-state index contributed by atoms with van der Waals surface area (Å²) >= 11 is 0. The van der Waals surface area contributed by atoms with Crippen LogP contribution in [0.2, 0.25) is 0 Å². The molecule has 18 heavy (non-hydrogen) atoms. The van der Waals surface area contributed by atoms with Gasteiger partial charge in [0.05, 0.1) is 11.5 Å². The molecule has 0 spiro atoms. The van der Waals surface area contributed by atoms with Crippen molar-refractivity contribution in [3.05, 3.63) is 47.8 Å². The van der Waals surface area contributed by atoms with E-state index in [2.05, 4.69) is 16.0 Å². The zero-order valence-electron chi connectivity index (χ0n) is 10.2. The largest absolute Gasteiger partial charge is 0.236 e. The summed E-state index contributed by atoms with van der Waals surface area (Å²) in [4.78, 5) is 8.80. The standard InChI is InChI=1S/C15H13N3/c1-11-4-2-3-5-13(11)14-17-8-12(9-18-14)15(10-16)6-7-15/h2-5,8-9H,6-7H2,1H3. The summed E-state index contributed by atoms with van der Waals surface area (Å²) in [5.74, 6) is 0.727. The third-order valence-corrected chi connectivity index (χ3v) is 3.55. The van der Waals surface area contributed by atoms with Crippen LogP contribution in [0.4, 0.5) is 0 Å². The highest BCUT2D eigenvalue weighted by molar-refractivity contribution is 5.59. The Morgan fingerprint density at radius 3 is 2.39 bits per heavy atom. The van der Waals surface area contributed by atoms with Crippen LogP contribution in [-0.2, 0) is 5.41 Å². The molecule has 0 N–H and O–H groups in total. The van der Waals surface area contributed by atoms with E-state index in [-0.39, 0.29) is 5.41 Å². The van der Waals surface area contributed by atoms with Gasteiger partial charge >= 0.3 is 0 Å². The number of nitriles is 1. The van der Waals surface area contributed by atoms with Crippen LogP contribution in [0.5, 0.6) is 0 Å². The monoisotopic (exact) mass is 235 g/mol. The van der Waals surface area contributed by atoms with E-state index >= 15 is 0 Å². The molecule has 1 aliphatic rings. The second-order valence-corrected chi connectivity index (χ2v) is 4.80. The van der Waals surface area contributed by atoms with E-state index in [0.717, 1.165) is 35.4 Å². The van der Waals surface area contributed by atoms with Crippen LogP contribution in [0.1, 0.15) is 24.0 Å². The molecular formula is C15H13N3. The molecule has 1 aromatic heterocycles. The number of hydrogen-bond acceptors (Lipinski definition) is 3. The molecule has 0 atom stereocenters. The minimum Gasteiger partial charge on any atom is -0.236 e. The molecule has 0 bridgehead atoms. The zero-order valence-corrected chi connectivity index (χ0v) is 10.2. The molecule has 2 aromatic rings. The zero-order chi connectivity index (χ0) is 12.6. The third-order valence-electron chi connectivity index (χ3n) is 3.55. The van der Waals surface area contributed by atoms with Gasteiger partial charge in [0.1, 0.15) is 0 Å². The van der Waals surface area contributed by atoms with Gasteiger partial charge in [-0.3, -0.25) is 0 Å². The first-order chi connectivity index (χ1) is 8.75. The van der Waals surface area contributed by atoms with E-state index in [1.54, 1.807) is 12.4 Å². The summed E-state index contributed by atoms with van der Waals surface area (Å²) in [6, 6.07) is 10.4. The maximum atomic E-state index is 9.13. The van der Waals surface area contributed by atoms with E-state index in [1.165, 1.54) is 0 Å². The Labute approximate surface area is 106 Å². The molecular weight excluding hydrogens is 222 g/mol. The Balaban J connectivity index is 1.98. The lowest BCUT2D eigenvalue weighted by Gasteiger charge is -2.07. The van der Waals surface area contributed by atoms with Crippen molar-refractivity contribution in [3.8, 4) is 17.5 Å². The SMILES string of the molecule is Cc1ccccc1-c1ncc(C2(C#N)CC2)cn1. The summed E-state index contributed by atoms with van der Waals surface area (Å²) in [5, 5.41) is 9.13. The number of rotatable bonds is 2. The predicted octanol–water partition coefficient (Wildman–Crippen LogP) is 3.01. The molecule has 1 aromatic carbocycles. The molecule has 1 aliphatic carbocycles. The van der Waals surface area contributed by atoms with Gasteiger partial charge in [-0.1, -0.05) is 24.3 Å². The lowest BCUT2D eigenvalue weighted by molar-refractivity contribution is 0.882. The number of hydrogen-bond donors (Lipinski definition) is 0. The van der Waals surface area contributed by atoms with Crippen molar-refractivity contribution in [3.63, 3.8) is 0 Å². The number of aryl methyl sites for hydroxylation is 1. The number of benzene rings is 1. The third kappa shape index (κ3) is 1.67. The van der Waals surface area contributed by atoms with Gasteiger partial charge in [-0.2, -0.15) is 5.26 Å². The van der Waals surface area contributed by atoms with Crippen molar-refractivity contribution in [2.75, 3.05) is 0 Å². The van der Waals surface area contributed by atoms with E-state index in [0.29, 0.717) is 0 Å². The molecule has 1 fully saturated rings. The smallest absolute Gasteiger partial charge is 0.159 e. The Hall–Kier alpha value is -2.21. The van der Waals surface area contributed by atoms with Crippen LogP contribution in [0.25, 0.3) is 11.4 Å². The fourth-order valence-corrected chi connectivity index (χ4v) is 2.13. The maximum Gasteiger partial charge on any atom is 0.159 e. The van der Waals surface area contributed by atoms with E-state index in [9.17, 15) is 0 Å². The van der Waals surface area contributed by atoms with Crippen molar-refractivity contribution in [1.29, 1.82) is 5.26 Å². The minimum atomic E-state index is -0.301. The topological polar surface area (TPSA) is 49.6 Å². The Morgan fingerprint density at radius 2 is 1.83 bits per heavy atom.